The highest BCUT2D eigenvalue weighted by Gasteiger charge is 2.15. The molecule has 0 bridgehead atoms. The lowest BCUT2D eigenvalue weighted by Crippen LogP contribution is -2.25. The van der Waals surface area contributed by atoms with Crippen LogP contribution in [0, 0.1) is 6.92 Å². The van der Waals surface area contributed by atoms with Crippen molar-refractivity contribution in [3.63, 3.8) is 0 Å². The van der Waals surface area contributed by atoms with Crippen molar-refractivity contribution < 1.29 is 13.2 Å². The van der Waals surface area contributed by atoms with Gasteiger partial charge in [-0.3, -0.25) is 9.48 Å². The van der Waals surface area contributed by atoms with Crippen molar-refractivity contribution in [2.24, 2.45) is 5.14 Å². The van der Waals surface area contributed by atoms with Crippen molar-refractivity contribution in [3.8, 4) is 0 Å². The molecule has 2 aromatic carbocycles. The second kappa shape index (κ2) is 7.73. The van der Waals surface area contributed by atoms with Gasteiger partial charge >= 0.3 is 0 Å². The van der Waals surface area contributed by atoms with Crippen LogP contribution in [0.1, 0.15) is 27.0 Å². The summed E-state index contributed by atoms with van der Waals surface area (Å²) in [5, 5.41) is 12.2. The molecule has 3 rings (SSSR count). The third-order valence-electron chi connectivity index (χ3n) is 4.23. The maximum Gasteiger partial charge on any atom is 0.251 e. The van der Waals surface area contributed by atoms with E-state index in [-0.39, 0.29) is 16.4 Å². The first kappa shape index (κ1) is 18.8. The van der Waals surface area contributed by atoms with E-state index in [0.29, 0.717) is 18.7 Å². The first-order valence-corrected chi connectivity index (χ1v) is 9.85. The Bertz CT molecular complexity index is 1060. The number of carbonyl (C=O) groups is 1. The standard InChI is InChI=1S/C19H20N4O3S/c1-14-7-8-17(27(20,25)26)11-18(14)19(24)21-12-15-5-2-3-6-16(15)13-23-10-4-9-22-23/h2-11H,12-13H2,1H3,(H,21,24)(H2,20,25,26). The van der Waals surface area contributed by atoms with Crippen LogP contribution in [0.15, 0.2) is 65.8 Å². The molecule has 0 aliphatic rings. The van der Waals surface area contributed by atoms with Crippen LogP contribution in [-0.2, 0) is 23.1 Å². The Hall–Kier alpha value is -2.97. The number of benzene rings is 2. The van der Waals surface area contributed by atoms with Crippen molar-refractivity contribution in [3.05, 3.63) is 83.2 Å². The van der Waals surface area contributed by atoms with Crippen LogP contribution < -0.4 is 10.5 Å². The van der Waals surface area contributed by atoms with Gasteiger partial charge in [0.15, 0.2) is 0 Å². The smallest absolute Gasteiger partial charge is 0.251 e. The van der Waals surface area contributed by atoms with E-state index in [1.165, 1.54) is 12.1 Å². The molecule has 3 aromatic rings. The van der Waals surface area contributed by atoms with Gasteiger partial charge in [-0.1, -0.05) is 30.3 Å². The van der Waals surface area contributed by atoms with Gasteiger partial charge in [0.25, 0.3) is 5.91 Å². The molecule has 7 nitrogen and oxygen atoms in total. The highest BCUT2D eigenvalue weighted by molar-refractivity contribution is 7.89. The molecule has 3 N–H and O–H groups in total. The van der Waals surface area contributed by atoms with E-state index < -0.39 is 10.0 Å². The van der Waals surface area contributed by atoms with Gasteiger partial charge in [0, 0.05) is 24.5 Å². The van der Waals surface area contributed by atoms with E-state index in [9.17, 15) is 13.2 Å². The van der Waals surface area contributed by atoms with Crippen LogP contribution in [0.3, 0.4) is 0 Å². The zero-order valence-electron chi connectivity index (χ0n) is 14.8. The Labute approximate surface area is 157 Å². The molecule has 0 fully saturated rings. The summed E-state index contributed by atoms with van der Waals surface area (Å²) >= 11 is 0. The maximum absolute atomic E-state index is 12.6. The lowest BCUT2D eigenvalue weighted by atomic mass is 10.1. The van der Waals surface area contributed by atoms with E-state index in [1.54, 1.807) is 23.9 Å². The first-order valence-electron chi connectivity index (χ1n) is 8.30. The topological polar surface area (TPSA) is 107 Å². The molecule has 27 heavy (non-hydrogen) atoms. The van der Waals surface area contributed by atoms with Crippen LogP contribution >= 0.6 is 0 Å². The minimum atomic E-state index is -3.87. The first-order chi connectivity index (χ1) is 12.8. The predicted octanol–water partition coefficient (Wildman–Crippen LogP) is 1.82. The molecule has 0 saturated heterocycles. The second-order valence-electron chi connectivity index (χ2n) is 6.18. The number of primary sulfonamides is 1. The zero-order valence-corrected chi connectivity index (χ0v) is 15.6. The molecule has 0 unspecified atom stereocenters. The number of nitrogens with zero attached hydrogens (tertiary/aromatic N) is 2. The Kier molecular flexibility index (Phi) is 5.38. The summed E-state index contributed by atoms with van der Waals surface area (Å²) in [7, 11) is -3.87. The number of sulfonamides is 1. The maximum atomic E-state index is 12.6. The quantitative estimate of drug-likeness (QED) is 0.676. The van der Waals surface area contributed by atoms with Crippen LogP contribution in [0.2, 0.25) is 0 Å². The summed E-state index contributed by atoms with van der Waals surface area (Å²) in [5.41, 5.74) is 2.95. The van der Waals surface area contributed by atoms with Gasteiger partial charge in [0.05, 0.1) is 11.4 Å². The summed E-state index contributed by atoms with van der Waals surface area (Å²) in [6, 6.07) is 13.9. The molecule has 0 atom stereocenters. The molecule has 0 radical (unpaired) electrons. The monoisotopic (exact) mass is 384 g/mol. The van der Waals surface area contributed by atoms with Crippen LogP contribution in [-0.4, -0.2) is 24.1 Å². The van der Waals surface area contributed by atoms with Gasteiger partial charge in [0.2, 0.25) is 10.0 Å². The third kappa shape index (κ3) is 4.60. The van der Waals surface area contributed by atoms with E-state index in [1.807, 2.05) is 36.5 Å². The van der Waals surface area contributed by atoms with Gasteiger partial charge in [-0.15, -0.1) is 0 Å². The fourth-order valence-electron chi connectivity index (χ4n) is 2.75. The highest BCUT2D eigenvalue weighted by Crippen LogP contribution is 2.15. The van der Waals surface area contributed by atoms with E-state index >= 15 is 0 Å². The summed E-state index contributed by atoms with van der Waals surface area (Å²) in [6.45, 7) is 2.65. The lowest BCUT2D eigenvalue weighted by Gasteiger charge is -2.12. The Balaban J connectivity index is 1.77. The van der Waals surface area contributed by atoms with Crippen LogP contribution in [0.4, 0.5) is 0 Å². The molecule has 1 aromatic heterocycles. The number of aromatic nitrogens is 2. The summed E-state index contributed by atoms with van der Waals surface area (Å²) < 4.78 is 24.9. The molecule has 0 spiro atoms. The van der Waals surface area contributed by atoms with Crippen molar-refractivity contribution >= 4 is 15.9 Å². The molecule has 8 heteroatoms. The molecule has 0 saturated carbocycles. The summed E-state index contributed by atoms with van der Waals surface area (Å²) in [6.07, 6.45) is 3.59. The Morgan fingerprint density at radius 1 is 1.15 bits per heavy atom. The van der Waals surface area contributed by atoms with Gasteiger partial charge in [-0.05, 0) is 41.8 Å². The van der Waals surface area contributed by atoms with Gasteiger partial charge in [-0.25, -0.2) is 13.6 Å². The summed E-state index contributed by atoms with van der Waals surface area (Å²) in [4.78, 5) is 12.5. The second-order valence-corrected chi connectivity index (χ2v) is 7.74. The molecular formula is C19H20N4O3S. The van der Waals surface area contributed by atoms with E-state index in [4.69, 9.17) is 5.14 Å². The number of hydrogen-bond acceptors (Lipinski definition) is 4. The fourth-order valence-corrected chi connectivity index (χ4v) is 3.29. The molecular weight excluding hydrogens is 364 g/mol. The number of nitrogens with one attached hydrogen (secondary N) is 1. The number of hydrogen-bond donors (Lipinski definition) is 2. The number of amides is 1. The molecule has 1 amide bonds. The lowest BCUT2D eigenvalue weighted by molar-refractivity contribution is 0.0950. The SMILES string of the molecule is Cc1ccc(S(N)(=O)=O)cc1C(=O)NCc1ccccc1Cn1cccn1. The molecule has 140 valence electrons. The number of rotatable bonds is 6. The largest absolute Gasteiger partial charge is 0.348 e. The average molecular weight is 384 g/mol. The average Bonchev–Trinajstić information content (AvgIpc) is 3.13. The van der Waals surface area contributed by atoms with Crippen molar-refractivity contribution in [2.45, 2.75) is 24.9 Å². The van der Waals surface area contributed by atoms with Crippen LogP contribution in [0.25, 0.3) is 0 Å². The van der Waals surface area contributed by atoms with Gasteiger partial charge < -0.3 is 5.32 Å². The molecule has 1 heterocycles. The highest BCUT2D eigenvalue weighted by atomic mass is 32.2. The fraction of sp³-hybridized carbons (Fsp3) is 0.158. The van der Waals surface area contributed by atoms with Crippen LogP contribution in [0.5, 0.6) is 0 Å². The minimum Gasteiger partial charge on any atom is -0.348 e. The van der Waals surface area contributed by atoms with E-state index in [0.717, 1.165) is 11.1 Å². The zero-order chi connectivity index (χ0) is 19.4. The molecule has 0 aliphatic heterocycles. The number of nitrogens with two attached hydrogens (primary N) is 1. The van der Waals surface area contributed by atoms with E-state index in [2.05, 4.69) is 10.4 Å². The van der Waals surface area contributed by atoms with Gasteiger partial charge in [-0.2, -0.15) is 5.10 Å². The molecule has 0 aliphatic carbocycles. The normalized spacial score (nSPS) is 11.3. The third-order valence-corrected chi connectivity index (χ3v) is 5.14. The van der Waals surface area contributed by atoms with Crippen molar-refractivity contribution in [1.82, 2.24) is 15.1 Å². The Morgan fingerprint density at radius 3 is 2.56 bits per heavy atom. The predicted molar refractivity (Wildman–Crippen MR) is 101 cm³/mol. The summed E-state index contributed by atoms with van der Waals surface area (Å²) in [5.74, 6) is -0.355. The number of carbonyl (C=O) groups excluding carboxylic acids is 1. The Morgan fingerprint density at radius 2 is 1.89 bits per heavy atom. The van der Waals surface area contributed by atoms with Gasteiger partial charge in [0.1, 0.15) is 0 Å². The van der Waals surface area contributed by atoms with Crippen molar-refractivity contribution in [2.75, 3.05) is 0 Å². The number of aryl methyl sites for hydroxylation is 1. The minimum absolute atomic E-state index is 0.0858. The van der Waals surface area contributed by atoms with Crippen molar-refractivity contribution in [1.29, 1.82) is 0 Å².